The van der Waals surface area contributed by atoms with E-state index < -0.39 is 0 Å². The Morgan fingerprint density at radius 3 is 2.10 bits per heavy atom. The SMILES string of the molecule is COc1cc(OC)c(-c2cc(-c3ccc(Cl)cc3Cl)nc(N)c2C#N)c(OC)c1. The number of hydrogen-bond acceptors (Lipinski definition) is 6. The van der Waals surface area contributed by atoms with E-state index in [0.717, 1.165) is 0 Å². The van der Waals surface area contributed by atoms with Crippen LogP contribution in [-0.2, 0) is 0 Å². The van der Waals surface area contributed by atoms with E-state index in [-0.39, 0.29) is 11.4 Å². The predicted octanol–water partition coefficient (Wildman–Crippen LogP) is 5.20. The zero-order valence-electron chi connectivity index (χ0n) is 15.9. The molecule has 0 atom stereocenters. The number of methoxy groups -OCH3 is 3. The summed E-state index contributed by atoms with van der Waals surface area (Å²) in [7, 11) is 4.58. The van der Waals surface area contributed by atoms with Crippen molar-refractivity contribution in [3.05, 3.63) is 52.0 Å². The van der Waals surface area contributed by atoms with Gasteiger partial charge in [-0.1, -0.05) is 23.2 Å². The van der Waals surface area contributed by atoms with Crippen LogP contribution in [0.2, 0.25) is 10.0 Å². The summed E-state index contributed by atoms with van der Waals surface area (Å²) in [4.78, 5) is 4.36. The lowest BCUT2D eigenvalue weighted by Crippen LogP contribution is -2.02. The second-order valence-electron chi connectivity index (χ2n) is 5.96. The molecular formula is C21H17Cl2N3O3. The van der Waals surface area contributed by atoms with Crippen molar-refractivity contribution in [2.75, 3.05) is 27.1 Å². The van der Waals surface area contributed by atoms with Crippen molar-refractivity contribution in [2.45, 2.75) is 0 Å². The first-order valence-corrected chi connectivity index (χ1v) is 9.15. The van der Waals surface area contributed by atoms with Gasteiger partial charge in [0.1, 0.15) is 34.7 Å². The molecule has 0 unspecified atom stereocenters. The Morgan fingerprint density at radius 2 is 1.59 bits per heavy atom. The fraction of sp³-hybridized carbons (Fsp3) is 0.143. The number of pyridine rings is 1. The largest absolute Gasteiger partial charge is 0.496 e. The van der Waals surface area contributed by atoms with Gasteiger partial charge in [0.05, 0.1) is 37.6 Å². The van der Waals surface area contributed by atoms with Gasteiger partial charge in [-0.3, -0.25) is 0 Å². The minimum absolute atomic E-state index is 0.0611. The lowest BCUT2D eigenvalue weighted by molar-refractivity contribution is 0.377. The molecule has 0 aliphatic heterocycles. The van der Waals surface area contributed by atoms with E-state index >= 15 is 0 Å². The highest BCUT2D eigenvalue weighted by atomic mass is 35.5. The van der Waals surface area contributed by atoms with Crippen molar-refractivity contribution in [1.29, 1.82) is 5.26 Å². The van der Waals surface area contributed by atoms with Crippen LogP contribution in [0.3, 0.4) is 0 Å². The third kappa shape index (κ3) is 3.88. The van der Waals surface area contributed by atoms with Crippen LogP contribution in [0, 0.1) is 11.3 Å². The molecule has 3 rings (SSSR count). The lowest BCUT2D eigenvalue weighted by atomic mass is 9.96. The van der Waals surface area contributed by atoms with Crippen LogP contribution < -0.4 is 19.9 Å². The highest BCUT2D eigenvalue weighted by molar-refractivity contribution is 6.36. The van der Waals surface area contributed by atoms with Gasteiger partial charge in [0.15, 0.2) is 0 Å². The smallest absolute Gasteiger partial charge is 0.142 e. The molecule has 0 aliphatic carbocycles. The first kappa shape index (κ1) is 20.6. The molecule has 6 nitrogen and oxygen atoms in total. The number of ether oxygens (including phenoxy) is 3. The number of aromatic nitrogens is 1. The average molecular weight is 430 g/mol. The van der Waals surface area contributed by atoms with Crippen molar-refractivity contribution in [2.24, 2.45) is 0 Å². The Bertz CT molecular complexity index is 1100. The number of hydrogen-bond donors (Lipinski definition) is 1. The molecule has 0 saturated heterocycles. The standard InChI is InChI=1S/C21H17Cl2N3O3/c1-27-12-7-18(28-2)20(19(8-12)29-3)14-9-17(26-21(25)15(14)10-24)13-5-4-11(22)6-16(13)23/h4-9H,1-3H3,(H2,25,26). The van der Waals surface area contributed by atoms with E-state index in [4.69, 9.17) is 43.1 Å². The van der Waals surface area contributed by atoms with Gasteiger partial charge in [0, 0.05) is 28.3 Å². The highest BCUT2D eigenvalue weighted by Crippen LogP contribution is 2.45. The topological polar surface area (TPSA) is 90.4 Å². The van der Waals surface area contributed by atoms with Crippen LogP contribution >= 0.6 is 23.2 Å². The summed E-state index contributed by atoms with van der Waals surface area (Å²) in [5.74, 6) is 1.52. The Labute approximate surface area is 178 Å². The molecule has 29 heavy (non-hydrogen) atoms. The van der Waals surface area contributed by atoms with Crippen LogP contribution in [0.5, 0.6) is 17.2 Å². The van der Waals surface area contributed by atoms with E-state index in [1.54, 1.807) is 43.5 Å². The molecule has 2 aromatic carbocycles. The summed E-state index contributed by atoms with van der Waals surface area (Å²) >= 11 is 12.3. The van der Waals surface area contributed by atoms with Crippen LogP contribution in [0.15, 0.2) is 36.4 Å². The maximum absolute atomic E-state index is 9.72. The van der Waals surface area contributed by atoms with Crippen molar-refractivity contribution in [3.8, 4) is 45.7 Å². The van der Waals surface area contributed by atoms with Gasteiger partial charge in [0.2, 0.25) is 0 Å². The summed E-state index contributed by atoms with van der Waals surface area (Å²) in [6.45, 7) is 0. The third-order valence-corrected chi connectivity index (χ3v) is 4.90. The quantitative estimate of drug-likeness (QED) is 0.598. The zero-order chi connectivity index (χ0) is 21.1. The van der Waals surface area contributed by atoms with Gasteiger partial charge in [-0.2, -0.15) is 5.26 Å². The summed E-state index contributed by atoms with van der Waals surface area (Å²) < 4.78 is 16.4. The number of halogens is 2. The monoisotopic (exact) mass is 429 g/mol. The van der Waals surface area contributed by atoms with E-state index in [1.165, 1.54) is 14.2 Å². The molecule has 1 aromatic heterocycles. The molecular weight excluding hydrogens is 413 g/mol. The second kappa shape index (κ2) is 8.48. The van der Waals surface area contributed by atoms with Crippen molar-refractivity contribution in [1.82, 2.24) is 4.98 Å². The molecule has 0 aliphatic rings. The minimum Gasteiger partial charge on any atom is -0.496 e. The average Bonchev–Trinajstić information content (AvgIpc) is 2.72. The van der Waals surface area contributed by atoms with Crippen LogP contribution in [-0.4, -0.2) is 26.3 Å². The molecule has 8 heteroatoms. The summed E-state index contributed by atoms with van der Waals surface area (Å²) in [5.41, 5.74) is 8.47. The van der Waals surface area contributed by atoms with Crippen LogP contribution in [0.1, 0.15) is 5.56 Å². The van der Waals surface area contributed by atoms with Crippen LogP contribution in [0.4, 0.5) is 5.82 Å². The Morgan fingerprint density at radius 1 is 0.931 bits per heavy atom. The van der Waals surface area contributed by atoms with Gasteiger partial charge in [-0.05, 0) is 24.3 Å². The number of nitrogens with zero attached hydrogens (tertiary/aromatic N) is 2. The van der Waals surface area contributed by atoms with E-state index in [2.05, 4.69) is 11.1 Å². The Kier molecular flexibility index (Phi) is 6.02. The number of benzene rings is 2. The second-order valence-corrected chi connectivity index (χ2v) is 6.80. The van der Waals surface area contributed by atoms with Gasteiger partial charge in [-0.15, -0.1) is 0 Å². The van der Waals surface area contributed by atoms with E-state index in [9.17, 15) is 5.26 Å². The predicted molar refractivity (Wildman–Crippen MR) is 114 cm³/mol. The van der Waals surface area contributed by atoms with Gasteiger partial charge in [0.25, 0.3) is 0 Å². The number of rotatable bonds is 5. The molecule has 0 saturated carbocycles. The fourth-order valence-corrected chi connectivity index (χ4v) is 3.49. The van der Waals surface area contributed by atoms with Gasteiger partial charge < -0.3 is 19.9 Å². The number of nitrogens with two attached hydrogens (primary N) is 1. The molecule has 0 spiro atoms. The van der Waals surface area contributed by atoms with Crippen molar-refractivity contribution < 1.29 is 14.2 Å². The third-order valence-electron chi connectivity index (χ3n) is 4.35. The number of nitriles is 1. The fourth-order valence-electron chi connectivity index (χ4n) is 2.99. The molecule has 2 N–H and O–H groups in total. The molecule has 148 valence electrons. The van der Waals surface area contributed by atoms with Crippen LogP contribution in [0.25, 0.3) is 22.4 Å². The summed E-state index contributed by atoms with van der Waals surface area (Å²) in [6, 6.07) is 12.3. The molecule has 0 radical (unpaired) electrons. The van der Waals surface area contributed by atoms with E-state index in [0.29, 0.717) is 49.7 Å². The van der Waals surface area contributed by atoms with Crippen molar-refractivity contribution >= 4 is 29.0 Å². The number of nitrogen functional groups attached to an aromatic ring is 1. The molecule has 0 bridgehead atoms. The lowest BCUT2D eigenvalue weighted by Gasteiger charge is -2.17. The highest BCUT2D eigenvalue weighted by Gasteiger charge is 2.22. The first-order chi connectivity index (χ1) is 13.9. The maximum atomic E-state index is 9.72. The normalized spacial score (nSPS) is 10.3. The molecule has 3 aromatic rings. The van der Waals surface area contributed by atoms with Gasteiger partial charge >= 0.3 is 0 Å². The Balaban J connectivity index is 2.36. The summed E-state index contributed by atoms with van der Waals surface area (Å²) in [5, 5.41) is 10.6. The van der Waals surface area contributed by atoms with Crippen molar-refractivity contribution in [3.63, 3.8) is 0 Å². The zero-order valence-corrected chi connectivity index (χ0v) is 17.4. The molecule has 1 heterocycles. The molecule has 0 fully saturated rings. The Hall–Kier alpha value is -3.14. The number of anilines is 1. The minimum atomic E-state index is 0.0611. The first-order valence-electron chi connectivity index (χ1n) is 8.39. The summed E-state index contributed by atoms with van der Waals surface area (Å²) in [6.07, 6.45) is 0. The maximum Gasteiger partial charge on any atom is 0.142 e. The van der Waals surface area contributed by atoms with E-state index in [1.807, 2.05) is 0 Å². The molecule has 0 amide bonds. The van der Waals surface area contributed by atoms with Gasteiger partial charge in [-0.25, -0.2) is 4.98 Å².